The van der Waals surface area contributed by atoms with Crippen LogP contribution in [0, 0.1) is 11.6 Å². The van der Waals surface area contributed by atoms with Gasteiger partial charge in [-0.2, -0.15) is 0 Å². The average molecular weight is 381 g/mol. The standard InChI is InChI=1S/C18H17F2NO4S/c1-11(13-8-7-12(19)9-15(13)20)21-17(22)10-25-18(23)14-5-3-4-6-16(14)26(2)24/h3-9,11H,10H2,1-2H3,(H,21,22)/t11-,26+/m0/s1. The Morgan fingerprint density at radius 1 is 1.19 bits per heavy atom. The van der Waals surface area contributed by atoms with E-state index in [1.54, 1.807) is 12.1 Å². The van der Waals surface area contributed by atoms with Gasteiger partial charge in [-0.1, -0.05) is 18.2 Å². The first kappa shape index (κ1) is 19.7. The monoisotopic (exact) mass is 381 g/mol. The van der Waals surface area contributed by atoms with Gasteiger partial charge in [0, 0.05) is 17.9 Å². The predicted molar refractivity (Wildman–Crippen MR) is 92.0 cm³/mol. The number of carbonyl (C=O) groups is 2. The fourth-order valence-electron chi connectivity index (χ4n) is 2.31. The molecule has 2 aromatic rings. The molecule has 0 saturated carbocycles. The van der Waals surface area contributed by atoms with Crippen LogP contribution in [0.25, 0.3) is 0 Å². The topological polar surface area (TPSA) is 72.5 Å². The van der Waals surface area contributed by atoms with Gasteiger partial charge in [-0.05, 0) is 25.1 Å². The maximum absolute atomic E-state index is 13.7. The SMILES string of the molecule is C[C@H](NC(=O)COC(=O)c1ccccc1[S@@](C)=O)c1ccc(F)cc1F. The molecule has 0 aliphatic carbocycles. The van der Waals surface area contributed by atoms with Crippen molar-refractivity contribution >= 4 is 22.7 Å². The highest BCUT2D eigenvalue weighted by Gasteiger charge is 2.18. The first-order valence-corrected chi connectivity index (χ1v) is 9.19. The number of ether oxygens (including phenoxy) is 1. The van der Waals surface area contributed by atoms with E-state index in [1.165, 1.54) is 31.4 Å². The van der Waals surface area contributed by atoms with E-state index in [2.05, 4.69) is 5.32 Å². The smallest absolute Gasteiger partial charge is 0.339 e. The summed E-state index contributed by atoms with van der Waals surface area (Å²) < 4.78 is 43.2. The van der Waals surface area contributed by atoms with Crippen LogP contribution in [0.3, 0.4) is 0 Å². The van der Waals surface area contributed by atoms with E-state index in [0.29, 0.717) is 4.90 Å². The molecule has 1 amide bonds. The van der Waals surface area contributed by atoms with Gasteiger partial charge in [0.05, 0.1) is 27.3 Å². The van der Waals surface area contributed by atoms with Crippen molar-refractivity contribution in [2.75, 3.05) is 12.9 Å². The summed E-state index contributed by atoms with van der Waals surface area (Å²) in [7, 11) is -1.39. The van der Waals surface area contributed by atoms with Gasteiger partial charge in [0.25, 0.3) is 5.91 Å². The summed E-state index contributed by atoms with van der Waals surface area (Å²) in [6.07, 6.45) is 1.43. The van der Waals surface area contributed by atoms with E-state index in [0.717, 1.165) is 12.1 Å². The number of halogens is 2. The Kier molecular flexibility index (Phi) is 6.57. The third-order valence-corrected chi connectivity index (χ3v) is 4.53. The van der Waals surface area contributed by atoms with Crippen molar-refractivity contribution < 1.29 is 27.3 Å². The van der Waals surface area contributed by atoms with E-state index in [9.17, 15) is 22.6 Å². The van der Waals surface area contributed by atoms with Crippen molar-refractivity contribution in [1.82, 2.24) is 5.32 Å². The molecule has 5 nitrogen and oxygen atoms in total. The predicted octanol–water partition coefficient (Wildman–Crippen LogP) is 2.74. The van der Waals surface area contributed by atoms with E-state index < -0.39 is 47.0 Å². The Hall–Kier alpha value is -2.61. The Morgan fingerprint density at radius 2 is 1.88 bits per heavy atom. The second-order valence-corrected chi connectivity index (χ2v) is 6.83. The molecular weight excluding hydrogens is 364 g/mol. The molecule has 2 rings (SSSR count). The van der Waals surface area contributed by atoms with Crippen LogP contribution in [-0.4, -0.2) is 28.9 Å². The quantitative estimate of drug-likeness (QED) is 0.781. The number of hydrogen-bond donors (Lipinski definition) is 1. The molecule has 0 aliphatic heterocycles. The lowest BCUT2D eigenvalue weighted by Gasteiger charge is -2.15. The molecule has 8 heteroatoms. The number of carbonyl (C=O) groups excluding carboxylic acids is 2. The van der Waals surface area contributed by atoms with Gasteiger partial charge in [0.15, 0.2) is 6.61 Å². The van der Waals surface area contributed by atoms with Gasteiger partial charge >= 0.3 is 5.97 Å². The Morgan fingerprint density at radius 3 is 2.54 bits per heavy atom. The molecular formula is C18H17F2NO4S. The van der Waals surface area contributed by atoms with Crippen LogP contribution in [0.4, 0.5) is 8.78 Å². The second kappa shape index (κ2) is 8.66. The number of esters is 1. The van der Waals surface area contributed by atoms with Crippen molar-refractivity contribution in [2.45, 2.75) is 17.9 Å². The zero-order valence-electron chi connectivity index (χ0n) is 14.1. The van der Waals surface area contributed by atoms with Crippen LogP contribution >= 0.6 is 0 Å². The molecule has 1 N–H and O–H groups in total. The van der Waals surface area contributed by atoms with E-state index >= 15 is 0 Å². The fourth-order valence-corrected chi connectivity index (χ4v) is 3.04. The third-order valence-electron chi connectivity index (χ3n) is 3.56. The molecule has 0 aromatic heterocycles. The summed E-state index contributed by atoms with van der Waals surface area (Å²) in [6.45, 7) is 0.933. The molecule has 26 heavy (non-hydrogen) atoms. The molecule has 0 bridgehead atoms. The molecule has 0 saturated heterocycles. The van der Waals surface area contributed by atoms with Crippen molar-refractivity contribution in [3.8, 4) is 0 Å². The largest absolute Gasteiger partial charge is 0.452 e. The molecule has 0 spiro atoms. The van der Waals surface area contributed by atoms with Crippen molar-refractivity contribution in [1.29, 1.82) is 0 Å². The van der Waals surface area contributed by atoms with Crippen molar-refractivity contribution in [2.24, 2.45) is 0 Å². The van der Waals surface area contributed by atoms with Gasteiger partial charge in [-0.25, -0.2) is 13.6 Å². The Labute approximate surface area is 151 Å². The molecule has 2 aromatic carbocycles. The first-order valence-electron chi connectivity index (χ1n) is 7.63. The third kappa shape index (κ3) is 4.95. The van der Waals surface area contributed by atoms with Crippen LogP contribution in [0.1, 0.15) is 28.9 Å². The van der Waals surface area contributed by atoms with E-state index in [4.69, 9.17) is 4.74 Å². The molecule has 0 fully saturated rings. The lowest BCUT2D eigenvalue weighted by molar-refractivity contribution is -0.124. The molecule has 138 valence electrons. The van der Waals surface area contributed by atoms with Gasteiger partial charge in [-0.3, -0.25) is 9.00 Å². The highest BCUT2D eigenvalue weighted by Crippen LogP contribution is 2.18. The number of rotatable bonds is 6. The molecule has 0 heterocycles. The minimum absolute atomic E-state index is 0.109. The molecule has 0 aliphatic rings. The van der Waals surface area contributed by atoms with Gasteiger partial charge in [0.1, 0.15) is 11.6 Å². The lowest BCUT2D eigenvalue weighted by atomic mass is 10.1. The number of amides is 1. The van der Waals surface area contributed by atoms with Crippen LogP contribution in [-0.2, 0) is 20.3 Å². The van der Waals surface area contributed by atoms with Crippen LogP contribution in [0.2, 0.25) is 0 Å². The second-order valence-electron chi connectivity index (χ2n) is 5.48. The van der Waals surface area contributed by atoms with E-state index in [1.807, 2.05) is 0 Å². The van der Waals surface area contributed by atoms with E-state index in [-0.39, 0.29) is 11.1 Å². The van der Waals surface area contributed by atoms with Crippen molar-refractivity contribution in [3.63, 3.8) is 0 Å². The minimum atomic E-state index is -1.39. The number of hydrogen-bond acceptors (Lipinski definition) is 4. The van der Waals surface area contributed by atoms with Gasteiger partial charge < -0.3 is 10.1 Å². The lowest BCUT2D eigenvalue weighted by Crippen LogP contribution is -2.31. The molecule has 0 unspecified atom stereocenters. The van der Waals surface area contributed by atoms with Crippen LogP contribution in [0.15, 0.2) is 47.4 Å². The van der Waals surface area contributed by atoms with Gasteiger partial charge in [0.2, 0.25) is 0 Å². The summed E-state index contributed by atoms with van der Waals surface area (Å²) in [5, 5.41) is 2.46. The zero-order valence-corrected chi connectivity index (χ0v) is 14.9. The summed E-state index contributed by atoms with van der Waals surface area (Å²) in [6, 6.07) is 8.51. The summed E-state index contributed by atoms with van der Waals surface area (Å²) in [4.78, 5) is 24.3. The van der Waals surface area contributed by atoms with Crippen LogP contribution in [0.5, 0.6) is 0 Å². The molecule has 0 radical (unpaired) electrons. The van der Waals surface area contributed by atoms with Crippen LogP contribution < -0.4 is 5.32 Å². The normalized spacial score (nSPS) is 12.9. The maximum atomic E-state index is 13.7. The Bertz CT molecular complexity index is 857. The highest BCUT2D eigenvalue weighted by atomic mass is 32.2. The minimum Gasteiger partial charge on any atom is -0.452 e. The highest BCUT2D eigenvalue weighted by molar-refractivity contribution is 7.84. The summed E-state index contributed by atoms with van der Waals surface area (Å²) in [5.74, 6) is -2.93. The number of nitrogens with one attached hydrogen (secondary N) is 1. The zero-order chi connectivity index (χ0) is 19.3. The summed E-state index contributed by atoms with van der Waals surface area (Å²) >= 11 is 0. The maximum Gasteiger partial charge on any atom is 0.339 e. The molecule has 2 atom stereocenters. The fraction of sp³-hybridized carbons (Fsp3) is 0.222. The summed E-state index contributed by atoms with van der Waals surface area (Å²) in [5.41, 5.74) is 0.219. The average Bonchev–Trinajstić information content (AvgIpc) is 2.59. The van der Waals surface area contributed by atoms with Gasteiger partial charge in [-0.15, -0.1) is 0 Å². The Balaban J connectivity index is 1.96. The van der Waals surface area contributed by atoms with Crippen molar-refractivity contribution in [3.05, 3.63) is 65.2 Å². The first-order chi connectivity index (χ1) is 12.3. The number of benzene rings is 2.